The van der Waals surface area contributed by atoms with Crippen molar-refractivity contribution in [3.63, 3.8) is 0 Å². The second-order valence-electron chi connectivity index (χ2n) is 5.31. The summed E-state index contributed by atoms with van der Waals surface area (Å²) in [5, 5.41) is 9.02. The Bertz CT molecular complexity index is 798. The van der Waals surface area contributed by atoms with Crippen LogP contribution in [-0.4, -0.2) is 15.6 Å². The minimum atomic E-state index is -0.832. The second-order valence-corrected chi connectivity index (χ2v) is 6.46. The molecule has 0 aliphatic rings. The molecule has 0 saturated heterocycles. The number of carboxylic acids is 1. The van der Waals surface area contributed by atoms with Gasteiger partial charge < -0.3 is 9.67 Å². The molecule has 3 rings (SSSR count). The molecule has 1 unspecified atom stereocenters. The van der Waals surface area contributed by atoms with Gasteiger partial charge in [-0.3, -0.25) is 4.79 Å². The molecule has 0 bridgehead atoms. The van der Waals surface area contributed by atoms with Crippen molar-refractivity contribution in [2.75, 3.05) is 0 Å². The van der Waals surface area contributed by atoms with E-state index in [0.29, 0.717) is 0 Å². The standard InChI is InChI=1S/C19H17NO2S/c1-14-9-10-16(20-11-5-6-12-20)17(13-14)23-18(19(21)22)15-7-3-2-4-8-15/h2-13,18H,1H3,(H,21,22). The summed E-state index contributed by atoms with van der Waals surface area (Å²) in [7, 11) is 0. The Labute approximate surface area is 139 Å². The number of nitrogens with zero attached hydrogens (tertiary/aromatic N) is 1. The quantitative estimate of drug-likeness (QED) is 0.692. The van der Waals surface area contributed by atoms with Gasteiger partial charge in [-0.1, -0.05) is 36.4 Å². The fourth-order valence-corrected chi connectivity index (χ4v) is 3.64. The molecule has 3 nitrogen and oxygen atoms in total. The van der Waals surface area contributed by atoms with Crippen molar-refractivity contribution in [2.24, 2.45) is 0 Å². The highest BCUT2D eigenvalue weighted by Crippen LogP contribution is 2.39. The number of thioether (sulfide) groups is 1. The zero-order valence-electron chi connectivity index (χ0n) is 12.7. The van der Waals surface area contributed by atoms with Crippen LogP contribution in [0.25, 0.3) is 5.69 Å². The summed E-state index contributed by atoms with van der Waals surface area (Å²) < 4.78 is 2.01. The van der Waals surface area contributed by atoms with E-state index in [0.717, 1.165) is 21.7 Å². The van der Waals surface area contributed by atoms with E-state index in [1.54, 1.807) is 0 Å². The summed E-state index contributed by atoms with van der Waals surface area (Å²) in [5.41, 5.74) is 2.90. The van der Waals surface area contributed by atoms with E-state index in [-0.39, 0.29) is 0 Å². The molecule has 0 aliphatic heterocycles. The lowest BCUT2D eigenvalue weighted by Gasteiger charge is -2.16. The Kier molecular flexibility index (Phi) is 4.53. The Hall–Kier alpha value is -2.46. The van der Waals surface area contributed by atoms with Gasteiger partial charge in [-0.15, -0.1) is 11.8 Å². The molecule has 0 amide bonds. The van der Waals surface area contributed by atoms with E-state index in [2.05, 4.69) is 0 Å². The van der Waals surface area contributed by atoms with Gasteiger partial charge in [0, 0.05) is 17.3 Å². The van der Waals surface area contributed by atoms with Crippen LogP contribution in [0.2, 0.25) is 0 Å². The van der Waals surface area contributed by atoms with Crippen molar-refractivity contribution in [1.29, 1.82) is 0 Å². The predicted octanol–water partition coefficient (Wildman–Crippen LogP) is 4.70. The molecule has 1 atom stereocenters. The third-order valence-electron chi connectivity index (χ3n) is 3.57. The molecule has 0 spiro atoms. The summed E-state index contributed by atoms with van der Waals surface area (Å²) in [5.74, 6) is -0.832. The normalized spacial score (nSPS) is 12.0. The van der Waals surface area contributed by atoms with Crippen molar-refractivity contribution in [3.05, 3.63) is 84.2 Å². The molecule has 0 radical (unpaired) electrons. The Morgan fingerprint density at radius 2 is 1.74 bits per heavy atom. The number of aryl methyl sites for hydroxylation is 1. The van der Waals surface area contributed by atoms with Gasteiger partial charge in [-0.05, 0) is 42.3 Å². The zero-order chi connectivity index (χ0) is 16.2. The van der Waals surface area contributed by atoms with Gasteiger partial charge in [0.25, 0.3) is 0 Å². The molecule has 1 aromatic heterocycles. The fourth-order valence-electron chi connectivity index (χ4n) is 2.44. The highest BCUT2D eigenvalue weighted by molar-refractivity contribution is 8.00. The number of carboxylic acid groups (broad SMARTS) is 1. The topological polar surface area (TPSA) is 42.2 Å². The summed E-state index contributed by atoms with van der Waals surface area (Å²) >= 11 is 1.37. The summed E-state index contributed by atoms with van der Waals surface area (Å²) in [6.45, 7) is 2.02. The largest absolute Gasteiger partial charge is 0.480 e. The third-order valence-corrected chi connectivity index (χ3v) is 4.86. The van der Waals surface area contributed by atoms with E-state index in [4.69, 9.17) is 0 Å². The van der Waals surface area contributed by atoms with Gasteiger partial charge in [0.05, 0.1) is 5.69 Å². The first-order chi connectivity index (χ1) is 11.1. The van der Waals surface area contributed by atoms with Crippen LogP contribution < -0.4 is 0 Å². The van der Waals surface area contributed by atoms with Crippen LogP contribution in [-0.2, 0) is 4.79 Å². The van der Waals surface area contributed by atoms with Crippen LogP contribution in [0.5, 0.6) is 0 Å². The van der Waals surface area contributed by atoms with Gasteiger partial charge in [0.15, 0.2) is 0 Å². The number of aliphatic carboxylic acids is 1. The van der Waals surface area contributed by atoms with Gasteiger partial charge in [-0.2, -0.15) is 0 Å². The number of carbonyl (C=O) groups is 1. The Balaban J connectivity index is 2.01. The highest BCUT2D eigenvalue weighted by atomic mass is 32.2. The van der Waals surface area contributed by atoms with Crippen molar-refractivity contribution in [3.8, 4) is 5.69 Å². The van der Waals surface area contributed by atoms with Crippen molar-refractivity contribution < 1.29 is 9.90 Å². The minimum Gasteiger partial charge on any atom is -0.480 e. The average Bonchev–Trinajstić information content (AvgIpc) is 3.07. The lowest BCUT2D eigenvalue weighted by atomic mass is 10.1. The van der Waals surface area contributed by atoms with Crippen LogP contribution in [0.3, 0.4) is 0 Å². The van der Waals surface area contributed by atoms with Gasteiger partial charge in [0.2, 0.25) is 0 Å². The lowest BCUT2D eigenvalue weighted by molar-refractivity contribution is -0.136. The fraction of sp³-hybridized carbons (Fsp3) is 0.105. The molecule has 0 aliphatic carbocycles. The van der Waals surface area contributed by atoms with Crippen LogP contribution in [0, 0.1) is 6.92 Å². The number of aromatic nitrogens is 1. The summed E-state index contributed by atoms with van der Waals surface area (Å²) in [4.78, 5) is 12.7. The lowest BCUT2D eigenvalue weighted by Crippen LogP contribution is -2.08. The summed E-state index contributed by atoms with van der Waals surface area (Å²) in [6.07, 6.45) is 3.93. The maximum absolute atomic E-state index is 11.8. The molecule has 0 saturated carbocycles. The molecular formula is C19H17NO2S. The van der Waals surface area contributed by atoms with Gasteiger partial charge in [-0.25, -0.2) is 0 Å². The third kappa shape index (κ3) is 3.48. The number of benzene rings is 2. The molecule has 23 heavy (non-hydrogen) atoms. The van der Waals surface area contributed by atoms with E-state index in [1.807, 2.05) is 84.5 Å². The van der Waals surface area contributed by atoms with Crippen LogP contribution in [0.15, 0.2) is 78.0 Å². The predicted molar refractivity (Wildman–Crippen MR) is 93.2 cm³/mol. The molecule has 116 valence electrons. The zero-order valence-corrected chi connectivity index (χ0v) is 13.5. The summed E-state index contributed by atoms with van der Waals surface area (Å²) in [6, 6.07) is 19.4. The first-order valence-corrected chi connectivity index (χ1v) is 8.21. The molecule has 4 heteroatoms. The monoisotopic (exact) mass is 323 g/mol. The highest BCUT2D eigenvalue weighted by Gasteiger charge is 2.22. The molecule has 1 heterocycles. The first kappa shape index (κ1) is 15.4. The van der Waals surface area contributed by atoms with Crippen LogP contribution >= 0.6 is 11.8 Å². The van der Waals surface area contributed by atoms with Crippen LogP contribution in [0.4, 0.5) is 0 Å². The molecule has 0 fully saturated rings. The second kappa shape index (κ2) is 6.75. The Morgan fingerprint density at radius 1 is 1.04 bits per heavy atom. The van der Waals surface area contributed by atoms with Crippen molar-refractivity contribution >= 4 is 17.7 Å². The molecule has 1 N–H and O–H groups in total. The number of hydrogen-bond donors (Lipinski definition) is 1. The van der Waals surface area contributed by atoms with Crippen molar-refractivity contribution in [2.45, 2.75) is 17.1 Å². The molecule has 2 aromatic carbocycles. The van der Waals surface area contributed by atoms with Crippen molar-refractivity contribution in [1.82, 2.24) is 4.57 Å². The molecular weight excluding hydrogens is 306 g/mol. The van der Waals surface area contributed by atoms with Crippen LogP contribution in [0.1, 0.15) is 16.4 Å². The number of hydrogen-bond acceptors (Lipinski definition) is 2. The van der Waals surface area contributed by atoms with E-state index in [1.165, 1.54) is 11.8 Å². The minimum absolute atomic E-state index is 0.632. The maximum atomic E-state index is 11.8. The molecule has 3 aromatic rings. The average molecular weight is 323 g/mol. The SMILES string of the molecule is Cc1ccc(-n2cccc2)c(SC(C(=O)O)c2ccccc2)c1. The number of rotatable bonds is 5. The van der Waals surface area contributed by atoms with Gasteiger partial charge >= 0.3 is 5.97 Å². The smallest absolute Gasteiger partial charge is 0.321 e. The van der Waals surface area contributed by atoms with E-state index < -0.39 is 11.2 Å². The van der Waals surface area contributed by atoms with E-state index in [9.17, 15) is 9.90 Å². The van der Waals surface area contributed by atoms with E-state index >= 15 is 0 Å². The maximum Gasteiger partial charge on any atom is 0.321 e. The first-order valence-electron chi connectivity index (χ1n) is 7.33. The van der Waals surface area contributed by atoms with Gasteiger partial charge in [0.1, 0.15) is 5.25 Å². The Morgan fingerprint density at radius 3 is 2.39 bits per heavy atom.